The van der Waals surface area contributed by atoms with Gasteiger partial charge in [0.25, 0.3) is 0 Å². The van der Waals surface area contributed by atoms with Crippen LogP contribution in [0, 0.1) is 0 Å². The van der Waals surface area contributed by atoms with Gasteiger partial charge in [-0.3, -0.25) is 0 Å². The van der Waals surface area contributed by atoms with Gasteiger partial charge in [-0.15, -0.1) is 0 Å². The number of rotatable bonds is 4. The number of nitrogens with two attached hydrogens (primary N) is 1. The average Bonchev–Trinajstić information content (AvgIpc) is 2.14. The van der Waals surface area contributed by atoms with E-state index in [0.717, 1.165) is 19.5 Å². The fourth-order valence-corrected chi connectivity index (χ4v) is 1.53. The molecular weight excluding hydrogens is 150 g/mol. The van der Waals surface area contributed by atoms with Crippen LogP contribution in [0.25, 0.3) is 0 Å². The van der Waals surface area contributed by atoms with Crippen molar-refractivity contribution in [2.75, 3.05) is 13.1 Å². The van der Waals surface area contributed by atoms with E-state index >= 15 is 0 Å². The number of hydrogen-bond donors (Lipinski definition) is 1. The molecule has 1 saturated carbocycles. The maximum Gasteiger partial charge on any atom is 0.0708 e. The Labute approximate surface area is 74.4 Å². The first-order valence-corrected chi connectivity index (χ1v) is 5.00. The van der Waals surface area contributed by atoms with Crippen molar-refractivity contribution in [2.45, 2.75) is 44.6 Å². The van der Waals surface area contributed by atoms with Gasteiger partial charge in [-0.25, -0.2) is 0 Å². The minimum Gasteiger partial charge on any atom is -0.330 e. The summed E-state index contributed by atoms with van der Waals surface area (Å²) in [5.74, 6) is 0. The van der Waals surface area contributed by atoms with Crippen molar-refractivity contribution in [1.29, 1.82) is 0 Å². The predicted molar refractivity (Wildman–Crippen MR) is 50.3 cm³/mol. The van der Waals surface area contributed by atoms with E-state index in [1.54, 1.807) is 0 Å². The van der Waals surface area contributed by atoms with E-state index in [0.29, 0.717) is 6.04 Å². The second-order valence-electron chi connectivity index (χ2n) is 3.41. The minimum absolute atomic E-state index is 0.525. The van der Waals surface area contributed by atoms with Gasteiger partial charge in [0, 0.05) is 0 Å². The van der Waals surface area contributed by atoms with Gasteiger partial charge in [-0.1, -0.05) is 19.3 Å². The molecule has 2 N–H and O–H groups in total. The van der Waals surface area contributed by atoms with Gasteiger partial charge in [-0.2, -0.15) is 10.2 Å². The highest BCUT2D eigenvalue weighted by Gasteiger charge is 2.11. The first kappa shape index (κ1) is 9.65. The average molecular weight is 169 g/mol. The molecule has 1 rings (SSSR count). The molecule has 70 valence electrons. The largest absolute Gasteiger partial charge is 0.330 e. The highest BCUT2D eigenvalue weighted by atomic mass is 15.1. The fraction of sp³-hybridized carbons (Fsp3) is 1.00. The summed E-state index contributed by atoms with van der Waals surface area (Å²) in [6, 6.07) is 0.525. The van der Waals surface area contributed by atoms with Gasteiger partial charge in [0.2, 0.25) is 0 Å². The Morgan fingerprint density at radius 2 is 1.92 bits per heavy atom. The Hall–Kier alpha value is -0.440. The summed E-state index contributed by atoms with van der Waals surface area (Å²) in [5.41, 5.74) is 5.35. The SMILES string of the molecule is NCCCN=NC1CCCCC1. The molecule has 0 aromatic carbocycles. The highest BCUT2D eigenvalue weighted by Crippen LogP contribution is 2.20. The molecule has 12 heavy (non-hydrogen) atoms. The third-order valence-electron chi connectivity index (χ3n) is 2.28. The van der Waals surface area contributed by atoms with Gasteiger partial charge in [0.05, 0.1) is 12.6 Å². The third-order valence-corrected chi connectivity index (χ3v) is 2.28. The quantitative estimate of drug-likeness (QED) is 0.508. The van der Waals surface area contributed by atoms with Crippen molar-refractivity contribution in [3.8, 4) is 0 Å². The summed E-state index contributed by atoms with van der Waals surface area (Å²) in [6.45, 7) is 1.54. The van der Waals surface area contributed by atoms with Crippen LogP contribution >= 0.6 is 0 Å². The van der Waals surface area contributed by atoms with Crippen LogP contribution in [-0.2, 0) is 0 Å². The summed E-state index contributed by atoms with van der Waals surface area (Å²) in [6.07, 6.45) is 7.50. The van der Waals surface area contributed by atoms with Gasteiger partial charge in [0.1, 0.15) is 0 Å². The second-order valence-corrected chi connectivity index (χ2v) is 3.41. The van der Waals surface area contributed by atoms with E-state index in [-0.39, 0.29) is 0 Å². The van der Waals surface area contributed by atoms with E-state index in [1.165, 1.54) is 32.1 Å². The van der Waals surface area contributed by atoms with Crippen molar-refractivity contribution < 1.29 is 0 Å². The molecule has 3 nitrogen and oxygen atoms in total. The summed E-state index contributed by atoms with van der Waals surface area (Å²) < 4.78 is 0. The van der Waals surface area contributed by atoms with Gasteiger partial charge in [-0.05, 0) is 25.8 Å². The molecule has 1 aliphatic rings. The summed E-state index contributed by atoms with van der Waals surface area (Å²) in [5, 5.41) is 8.42. The maximum atomic E-state index is 5.35. The molecule has 0 aromatic heterocycles. The van der Waals surface area contributed by atoms with Crippen molar-refractivity contribution >= 4 is 0 Å². The van der Waals surface area contributed by atoms with Crippen molar-refractivity contribution in [2.24, 2.45) is 16.0 Å². The van der Waals surface area contributed by atoms with Gasteiger partial charge < -0.3 is 5.73 Å². The molecular formula is C9H19N3. The van der Waals surface area contributed by atoms with Crippen molar-refractivity contribution in [1.82, 2.24) is 0 Å². The molecule has 0 bridgehead atoms. The van der Waals surface area contributed by atoms with E-state index in [4.69, 9.17) is 5.73 Å². The lowest BCUT2D eigenvalue weighted by atomic mass is 9.96. The molecule has 0 saturated heterocycles. The van der Waals surface area contributed by atoms with Crippen LogP contribution in [-0.4, -0.2) is 19.1 Å². The summed E-state index contributed by atoms with van der Waals surface area (Å²) in [4.78, 5) is 0. The van der Waals surface area contributed by atoms with Crippen LogP contribution in [0.5, 0.6) is 0 Å². The molecule has 0 aliphatic heterocycles. The van der Waals surface area contributed by atoms with Crippen molar-refractivity contribution in [3.05, 3.63) is 0 Å². The zero-order valence-electron chi connectivity index (χ0n) is 7.71. The van der Waals surface area contributed by atoms with E-state index in [9.17, 15) is 0 Å². The molecule has 1 aliphatic carbocycles. The Kier molecular flexibility index (Phi) is 4.92. The Morgan fingerprint density at radius 1 is 1.17 bits per heavy atom. The lowest BCUT2D eigenvalue weighted by Gasteiger charge is -2.15. The molecule has 0 unspecified atom stereocenters. The van der Waals surface area contributed by atoms with Crippen LogP contribution in [0.4, 0.5) is 0 Å². The lowest BCUT2D eigenvalue weighted by Crippen LogP contribution is -2.09. The number of azo groups is 1. The van der Waals surface area contributed by atoms with Crippen LogP contribution < -0.4 is 5.73 Å². The number of nitrogens with zero attached hydrogens (tertiary/aromatic N) is 2. The summed E-state index contributed by atoms with van der Waals surface area (Å²) in [7, 11) is 0. The van der Waals surface area contributed by atoms with E-state index in [1.807, 2.05) is 0 Å². The minimum atomic E-state index is 0.525. The molecule has 3 heteroatoms. The van der Waals surface area contributed by atoms with Crippen molar-refractivity contribution in [3.63, 3.8) is 0 Å². The molecule has 0 amide bonds. The van der Waals surface area contributed by atoms with Gasteiger partial charge in [0.15, 0.2) is 0 Å². The van der Waals surface area contributed by atoms with E-state index in [2.05, 4.69) is 10.2 Å². The van der Waals surface area contributed by atoms with Gasteiger partial charge >= 0.3 is 0 Å². The summed E-state index contributed by atoms with van der Waals surface area (Å²) >= 11 is 0. The molecule has 0 spiro atoms. The molecule has 0 radical (unpaired) electrons. The van der Waals surface area contributed by atoms with Crippen LogP contribution in [0.3, 0.4) is 0 Å². The molecule has 0 aromatic rings. The monoisotopic (exact) mass is 169 g/mol. The Balaban J connectivity index is 2.07. The zero-order valence-corrected chi connectivity index (χ0v) is 7.71. The fourth-order valence-electron chi connectivity index (χ4n) is 1.53. The van der Waals surface area contributed by atoms with E-state index < -0.39 is 0 Å². The van der Waals surface area contributed by atoms with Crippen LogP contribution in [0.15, 0.2) is 10.2 Å². The first-order valence-electron chi connectivity index (χ1n) is 5.00. The second kappa shape index (κ2) is 6.12. The first-order chi connectivity index (χ1) is 5.93. The topological polar surface area (TPSA) is 50.7 Å². The highest BCUT2D eigenvalue weighted by molar-refractivity contribution is 4.69. The third kappa shape index (κ3) is 3.81. The smallest absolute Gasteiger partial charge is 0.0708 e. The Bertz CT molecular complexity index is 128. The zero-order chi connectivity index (χ0) is 8.65. The Morgan fingerprint density at radius 3 is 2.58 bits per heavy atom. The van der Waals surface area contributed by atoms with Crippen LogP contribution in [0.1, 0.15) is 38.5 Å². The standard InChI is InChI=1S/C9H19N3/c10-7-4-8-11-12-9-5-2-1-3-6-9/h9H,1-8,10H2. The number of hydrogen-bond acceptors (Lipinski definition) is 3. The predicted octanol–water partition coefficient (Wildman–Crippen LogP) is 2.12. The normalized spacial score (nSPS) is 20.4. The lowest BCUT2D eigenvalue weighted by molar-refractivity contribution is 0.427. The molecule has 1 fully saturated rings. The van der Waals surface area contributed by atoms with Crippen LogP contribution in [0.2, 0.25) is 0 Å². The molecule has 0 atom stereocenters. The molecule has 0 heterocycles. The maximum absolute atomic E-state index is 5.35.